The summed E-state index contributed by atoms with van der Waals surface area (Å²) >= 11 is 0. The second kappa shape index (κ2) is 5.03. The molecule has 1 unspecified atom stereocenters. The first-order valence-electron chi connectivity index (χ1n) is 3.56. The minimum atomic E-state index is -0.160. The van der Waals surface area contributed by atoms with Crippen LogP contribution >= 0.6 is 0 Å². The van der Waals surface area contributed by atoms with Crippen molar-refractivity contribution in [2.24, 2.45) is 0 Å². The summed E-state index contributed by atoms with van der Waals surface area (Å²) < 4.78 is 4.94. The number of carbonyl (C=O) groups excluding carboxylic acids is 1. The lowest BCUT2D eigenvalue weighted by molar-refractivity contribution is -0.146. The van der Waals surface area contributed by atoms with Crippen molar-refractivity contribution in [3.63, 3.8) is 0 Å². The number of carbonyl (C=O) groups is 1. The normalized spacial score (nSPS) is 12.2. The van der Waals surface area contributed by atoms with Gasteiger partial charge in [0.15, 0.2) is 0 Å². The topological polar surface area (TPSA) is 26.3 Å². The molecular formula is C8H14O2. The smallest absolute Gasteiger partial charge is 0.306 e. The molecule has 1 atom stereocenters. The third-order valence-corrected chi connectivity index (χ3v) is 1.24. The van der Waals surface area contributed by atoms with Crippen molar-refractivity contribution in [1.29, 1.82) is 0 Å². The summed E-state index contributed by atoms with van der Waals surface area (Å²) in [7, 11) is 0. The zero-order valence-corrected chi connectivity index (χ0v) is 6.59. The number of ether oxygens (including phenoxy) is 1. The van der Waals surface area contributed by atoms with Crippen molar-refractivity contribution in [2.45, 2.75) is 32.8 Å². The van der Waals surface area contributed by atoms with Gasteiger partial charge in [-0.25, -0.2) is 0 Å². The number of esters is 1. The molecule has 0 bridgehead atoms. The molecule has 2 nitrogen and oxygen atoms in total. The molecule has 0 fully saturated rings. The van der Waals surface area contributed by atoms with Gasteiger partial charge in [-0.05, 0) is 6.42 Å². The monoisotopic (exact) mass is 142 g/mol. The highest BCUT2D eigenvalue weighted by molar-refractivity contribution is 5.69. The quantitative estimate of drug-likeness (QED) is 0.442. The van der Waals surface area contributed by atoms with Gasteiger partial charge in [-0.2, -0.15) is 0 Å². The molecule has 0 aliphatic rings. The zero-order valence-electron chi connectivity index (χ0n) is 6.59. The first kappa shape index (κ1) is 9.21. The Morgan fingerprint density at radius 3 is 2.60 bits per heavy atom. The van der Waals surface area contributed by atoms with Crippen LogP contribution in [-0.4, -0.2) is 12.1 Å². The van der Waals surface area contributed by atoms with Crippen LogP contribution in [0.1, 0.15) is 26.7 Å². The van der Waals surface area contributed by atoms with Crippen molar-refractivity contribution in [3.8, 4) is 0 Å². The molecule has 0 amide bonds. The van der Waals surface area contributed by atoms with Crippen molar-refractivity contribution in [3.05, 3.63) is 12.7 Å². The first-order chi connectivity index (χ1) is 4.74. The van der Waals surface area contributed by atoms with Gasteiger partial charge in [0.2, 0.25) is 0 Å². The van der Waals surface area contributed by atoms with Gasteiger partial charge in [0, 0.05) is 6.42 Å². The highest BCUT2D eigenvalue weighted by atomic mass is 16.5. The fourth-order valence-electron chi connectivity index (χ4n) is 0.550. The van der Waals surface area contributed by atoms with Gasteiger partial charge in [0.05, 0.1) is 0 Å². The second-order valence-corrected chi connectivity index (χ2v) is 2.03. The lowest BCUT2D eigenvalue weighted by Crippen LogP contribution is -2.13. The van der Waals surface area contributed by atoms with Crippen LogP contribution in [0.25, 0.3) is 0 Å². The largest absolute Gasteiger partial charge is 0.458 e. The van der Waals surface area contributed by atoms with Gasteiger partial charge in [0.25, 0.3) is 0 Å². The van der Waals surface area contributed by atoms with E-state index < -0.39 is 0 Å². The summed E-state index contributed by atoms with van der Waals surface area (Å²) in [6.07, 6.45) is 2.78. The van der Waals surface area contributed by atoms with Gasteiger partial charge in [-0.1, -0.05) is 26.5 Å². The Labute approximate surface area is 61.9 Å². The molecular weight excluding hydrogens is 128 g/mol. The predicted molar refractivity (Wildman–Crippen MR) is 40.7 cm³/mol. The fraction of sp³-hybridized carbons (Fsp3) is 0.625. The predicted octanol–water partition coefficient (Wildman–Crippen LogP) is 1.90. The van der Waals surface area contributed by atoms with E-state index >= 15 is 0 Å². The molecule has 0 aromatic heterocycles. The molecule has 58 valence electrons. The molecule has 0 aliphatic heterocycles. The van der Waals surface area contributed by atoms with Crippen molar-refractivity contribution >= 4 is 5.97 Å². The molecule has 0 heterocycles. The van der Waals surface area contributed by atoms with E-state index in [2.05, 4.69) is 6.58 Å². The van der Waals surface area contributed by atoms with Crippen LogP contribution in [0.5, 0.6) is 0 Å². The maximum absolute atomic E-state index is 10.7. The van der Waals surface area contributed by atoms with Crippen LogP contribution in [0.4, 0.5) is 0 Å². The minimum absolute atomic E-state index is 0.104. The Kier molecular flexibility index (Phi) is 4.63. The molecule has 0 aliphatic carbocycles. The van der Waals surface area contributed by atoms with Gasteiger partial charge >= 0.3 is 5.97 Å². The van der Waals surface area contributed by atoms with E-state index in [1.165, 1.54) is 0 Å². The maximum atomic E-state index is 10.7. The molecule has 10 heavy (non-hydrogen) atoms. The molecule has 0 saturated carbocycles. The highest BCUT2D eigenvalue weighted by Crippen LogP contribution is 1.99. The number of hydrogen-bond acceptors (Lipinski definition) is 2. The Morgan fingerprint density at radius 2 is 2.30 bits per heavy atom. The molecule has 0 spiro atoms. The highest BCUT2D eigenvalue weighted by Gasteiger charge is 2.05. The van der Waals surface area contributed by atoms with Crippen LogP contribution in [0, 0.1) is 0 Å². The SMILES string of the molecule is C=CC(CC)OC(=O)CC. The van der Waals surface area contributed by atoms with E-state index in [4.69, 9.17) is 4.74 Å². The number of rotatable bonds is 4. The van der Waals surface area contributed by atoms with Crippen LogP contribution in [0.3, 0.4) is 0 Å². The maximum Gasteiger partial charge on any atom is 0.306 e. The lowest BCUT2D eigenvalue weighted by atomic mass is 10.3. The van der Waals surface area contributed by atoms with E-state index in [0.29, 0.717) is 6.42 Å². The third-order valence-electron chi connectivity index (χ3n) is 1.24. The van der Waals surface area contributed by atoms with Crippen LogP contribution in [0.2, 0.25) is 0 Å². The first-order valence-corrected chi connectivity index (χ1v) is 3.56. The van der Waals surface area contributed by atoms with Crippen LogP contribution in [-0.2, 0) is 9.53 Å². The Bertz CT molecular complexity index is 118. The van der Waals surface area contributed by atoms with Gasteiger partial charge < -0.3 is 4.74 Å². The standard InChI is InChI=1S/C8H14O2/c1-4-7(5-2)10-8(9)6-3/h4,7H,1,5-6H2,2-3H3. The summed E-state index contributed by atoms with van der Waals surface area (Å²) in [5, 5.41) is 0. The zero-order chi connectivity index (χ0) is 7.98. The molecule has 0 saturated heterocycles. The van der Waals surface area contributed by atoms with E-state index in [9.17, 15) is 4.79 Å². The van der Waals surface area contributed by atoms with Crippen molar-refractivity contribution in [1.82, 2.24) is 0 Å². The summed E-state index contributed by atoms with van der Waals surface area (Å²) in [6, 6.07) is 0. The van der Waals surface area contributed by atoms with E-state index in [1.807, 2.05) is 6.92 Å². The van der Waals surface area contributed by atoms with Gasteiger partial charge in [0.1, 0.15) is 6.10 Å². The summed E-state index contributed by atoms with van der Waals surface area (Å²) in [5.74, 6) is -0.160. The van der Waals surface area contributed by atoms with Crippen LogP contribution < -0.4 is 0 Å². The van der Waals surface area contributed by atoms with Gasteiger partial charge in [-0.3, -0.25) is 4.79 Å². The van der Waals surface area contributed by atoms with E-state index in [-0.39, 0.29) is 12.1 Å². The second-order valence-electron chi connectivity index (χ2n) is 2.03. The molecule has 0 N–H and O–H groups in total. The van der Waals surface area contributed by atoms with Crippen molar-refractivity contribution < 1.29 is 9.53 Å². The van der Waals surface area contributed by atoms with Crippen molar-refractivity contribution in [2.75, 3.05) is 0 Å². The van der Waals surface area contributed by atoms with E-state index in [1.54, 1.807) is 13.0 Å². The summed E-state index contributed by atoms with van der Waals surface area (Å²) in [5.41, 5.74) is 0. The average Bonchev–Trinajstić information content (AvgIpc) is 1.99. The summed E-state index contributed by atoms with van der Waals surface area (Å²) in [6.45, 7) is 7.27. The number of hydrogen-bond donors (Lipinski definition) is 0. The molecule has 0 aromatic rings. The Balaban J connectivity index is 3.62. The van der Waals surface area contributed by atoms with E-state index in [0.717, 1.165) is 6.42 Å². The summed E-state index contributed by atoms with van der Waals surface area (Å²) in [4.78, 5) is 10.7. The Hall–Kier alpha value is -0.790. The third kappa shape index (κ3) is 3.28. The molecule has 0 aromatic carbocycles. The van der Waals surface area contributed by atoms with Gasteiger partial charge in [-0.15, -0.1) is 0 Å². The average molecular weight is 142 g/mol. The fourth-order valence-corrected chi connectivity index (χ4v) is 0.550. The Morgan fingerprint density at radius 1 is 1.70 bits per heavy atom. The molecule has 0 rings (SSSR count). The van der Waals surface area contributed by atoms with Crippen LogP contribution in [0.15, 0.2) is 12.7 Å². The molecule has 2 heteroatoms. The molecule has 0 radical (unpaired) electrons. The lowest BCUT2D eigenvalue weighted by Gasteiger charge is -2.09. The minimum Gasteiger partial charge on any atom is -0.458 e.